The van der Waals surface area contributed by atoms with Crippen LogP contribution in [0.3, 0.4) is 0 Å². The van der Waals surface area contributed by atoms with Crippen molar-refractivity contribution in [3.8, 4) is 0 Å². The molecule has 1 aromatic carbocycles. The first-order chi connectivity index (χ1) is 12.2. The Morgan fingerprint density at radius 2 is 2.00 bits per heavy atom. The molecule has 26 heavy (non-hydrogen) atoms. The van der Waals surface area contributed by atoms with E-state index in [2.05, 4.69) is 15.6 Å². The van der Waals surface area contributed by atoms with E-state index in [1.165, 1.54) is 30.5 Å². The monoisotopic (exact) mass is 379 g/mol. The van der Waals surface area contributed by atoms with Crippen molar-refractivity contribution >= 4 is 33.1 Å². The quantitative estimate of drug-likeness (QED) is 0.515. The fourth-order valence-corrected chi connectivity index (χ4v) is 3.04. The second-order valence-electron chi connectivity index (χ2n) is 5.54. The minimum Gasteiger partial charge on any atom is -0.354 e. The van der Waals surface area contributed by atoms with Crippen LogP contribution in [0.5, 0.6) is 0 Å². The zero-order valence-corrected chi connectivity index (χ0v) is 14.8. The number of aromatic nitrogens is 1. The van der Waals surface area contributed by atoms with Crippen LogP contribution in [0.1, 0.15) is 13.8 Å². The van der Waals surface area contributed by atoms with E-state index >= 15 is 0 Å². The van der Waals surface area contributed by atoms with Crippen LogP contribution in [-0.4, -0.2) is 30.4 Å². The summed E-state index contributed by atoms with van der Waals surface area (Å²) in [7, 11) is -4.20. The topological polar surface area (TPSA) is 143 Å². The molecule has 0 saturated carbocycles. The van der Waals surface area contributed by atoms with Crippen molar-refractivity contribution in [1.29, 1.82) is 0 Å². The number of nitro groups is 1. The summed E-state index contributed by atoms with van der Waals surface area (Å²) >= 11 is 0. The summed E-state index contributed by atoms with van der Waals surface area (Å²) in [5.41, 5.74) is 0.279. The van der Waals surface area contributed by atoms with Crippen molar-refractivity contribution in [2.75, 3.05) is 5.32 Å². The smallest absolute Gasteiger partial charge is 0.328 e. The fraction of sp³-hybridized carbons (Fsp3) is 0.200. The molecule has 10 nitrogen and oxygen atoms in total. The number of nitro benzene ring substituents is 1. The van der Waals surface area contributed by atoms with E-state index in [9.17, 15) is 23.3 Å². The third-order valence-corrected chi connectivity index (χ3v) is 4.42. The molecule has 3 N–H and O–H groups in total. The highest BCUT2D eigenvalue weighted by Gasteiger charge is 2.22. The molecule has 138 valence electrons. The Labute approximate surface area is 149 Å². The number of amides is 2. The Kier molecular flexibility index (Phi) is 5.72. The Hall–Kier alpha value is -3.21. The van der Waals surface area contributed by atoms with Gasteiger partial charge in [0.05, 0.1) is 10.6 Å². The number of benzene rings is 1. The highest BCUT2D eigenvalue weighted by atomic mass is 32.2. The SMILES string of the molecule is CC(C)NC(=O)NS(=O)(=O)c1cnccc1Nc1cccc([N+](=O)[O-])c1. The van der Waals surface area contributed by atoms with Gasteiger partial charge in [0.2, 0.25) is 0 Å². The number of pyridine rings is 1. The predicted molar refractivity (Wildman–Crippen MR) is 94.6 cm³/mol. The Balaban J connectivity index is 2.31. The van der Waals surface area contributed by atoms with Crippen LogP contribution in [0, 0.1) is 10.1 Å². The average molecular weight is 379 g/mol. The summed E-state index contributed by atoms with van der Waals surface area (Å²) in [4.78, 5) is 25.5. The van der Waals surface area contributed by atoms with Crippen LogP contribution < -0.4 is 15.4 Å². The number of anilines is 2. The predicted octanol–water partition coefficient (Wildman–Crippen LogP) is 2.13. The lowest BCUT2D eigenvalue weighted by Crippen LogP contribution is -2.42. The van der Waals surface area contributed by atoms with Gasteiger partial charge >= 0.3 is 6.03 Å². The highest BCUT2D eigenvalue weighted by molar-refractivity contribution is 7.90. The van der Waals surface area contributed by atoms with Crippen molar-refractivity contribution in [1.82, 2.24) is 15.0 Å². The Morgan fingerprint density at radius 3 is 2.65 bits per heavy atom. The molecule has 0 atom stereocenters. The normalized spacial score (nSPS) is 11.0. The Bertz CT molecular complexity index is 930. The van der Waals surface area contributed by atoms with E-state index in [0.717, 1.165) is 6.20 Å². The lowest BCUT2D eigenvalue weighted by Gasteiger charge is -2.14. The van der Waals surface area contributed by atoms with E-state index in [1.807, 2.05) is 4.72 Å². The zero-order valence-electron chi connectivity index (χ0n) is 14.0. The van der Waals surface area contributed by atoms with Gasteiger partial charge in [0.25, 0.3) is 15.7 Å². The molecule has 0 radical (unpaired) electrons. The first kappa shape index (κ1) is 19.1. The summed E-state index contributed by atoms with van der Waals surface area (Å²) in [5, 5.41) is 16.1. The van der Waals surface area contributed by atoms with Gasteiger partial charge in [-0.25, -0.2) is 17.9 Å². The van der Waals surface area contributed by atoms with Crippen molar-refractivity contribution in [3.05, 3.63) is 52.8 Å². The summed E-state index contributed by atoms with van der Waals surface area (Å²) in [6, 6.07) is 5.84. The third-order valence-electron chi connectivity index (χ3n) is 3.06. The number of sulfonamides is 1. The van der Waals surface area contributed by atoms with Gasteiger partial charge in [-0.2, -0.15) is 0 Å². The molecular formula is C15H17N5O5S. The van der Waals surface area contributed by atoms with E-state index in [1.54, 1.807) is 19.9 Å². The standard InChI is InChI=1S/C15H17N5O5S/c1-10(2)17-15(21)19-26(24,25)14-9-16-7-6-13(14)18-11-4-3-5-12(8-11)20(22)23/h3-10H,1-2H3,(H,16,18)(H2,17,19,21). The van der Waals surface area contributed by atoms with Crippen molar-refractivity contribution in [2.45, 2.75) is 24.8 Å². The third kappa shape index (κ3) is 4.89. The van der Waals surface area contributed by atoms with Gasteiger partial charge in [0.15, 0.2) is 0 Å². The molecule has 11 heteroatoms. The highest BCUT2D eigenvalue weighted by Crippen LogP contribution is 2.26. The van der Waals surface area contributed by atoms with Gasteiger partial charge in [-0.05, 0) is 26.0 Å². The van der Waals surface area contributed by atoms with E-state index in [4.69, 9.17) is 0 Å². The van der Waals surface area contributed by atoms with E-state index < -0.39 is 21.0 Å². The summed E-state index contributed by atoms with van der Waals surface area (Å²) < 4.78 is 26.8. The maximum absolute atomic E-state index is 12.5. The number of nitrogens with zero attached hydrogens (tertiary/aromatic N) is 2. The number of hydrogen-bond donors (Lipinski definition) is 3. The lowest BCUT2D eigenvalue weighted by molar-refractivity contribution is -0.384. The molecule has 1 aromatic heterocycles. The molecule has 0 saturated heterocycles. The van der Waals surface area contributed by atoms with Gasteiger partial charge in [-0.15, -0.1) is 0 Å². The molecule has 0 fully saturated rings. The van der Waals surface area contributed by atoms with Crippen LogP contribution in [-0.2, 0) is 10.0 Å². The number of non-ortho nitro benzene ring substituents is 1. The van der Waals surface area contributed by atoms with Crippen LogP contribution in [0.25, 0.3) is 0 Å². The van der Waals surface area contributed by atoms with Crippen LogP contribution >= 0.6 is 0 Å². The summed E-state index contributed by atoms with van der Waals surface area (Å²) in [6.07, 6.45) is 2.43. The van der Waals surface area contributed by atoms with Gasteiger partial charge in [-0.1, -0.05) is 6.07 Å². The van der Waals surface area contributed by atoms with Gasteiger partial charge in [0.1, 0.15) is 4.90 Å². The van der Waals surface area contributed by atoms with Crippen LogP contribution in [0.15, 0.2) is 47.6 Å². The average Bonchev–Trinajstić information content (AvgIpc) is 2.54. The fourth-order valence-electron chi connectivity index (χ4n) is 2.02. The van der Waals surface area contributed by atoms with Crippen molar-refractivity contribution in [2.24, 2.45) is 0 Å². The minimum atomic E-state index is -4.20. The molecule has 0 spiro atoms. The molecule has 0 aliphatic heterocycles. The number of nitrogens with one attached hydrogen (secondary N) is 3. The molecule has 0 unspecified atom stereocenters. The van der Waals surface area contributed by atoms with E-state index in [-0.39, 0.29) is 22.3 Å². The number of urea groups is 1. The number of hydrogen-bond acceptors (Lipinski definition) is 7. The van der Waals surface area contributed by atoms with Crippen molar-refractivity contribution < 1.29 is 18.1 Å². The van der Waals surface area contributed by atoms with Gasteiger partial charge in [0, 0.05) is 36.3 Å². The van der Waals surface area contributed by atoms with Gasteiger partial charge < -0.3 is 10.6 Å². The van der Waals surface area contributed by atoms with Crippen molar-refractivity contribution in [3.63, 3.8) is 0 Å². The van der Waals surface area contributed by atoms with Gasteiger partial charge in [-0.3, -0.25) is 15.1 Å². The first-order valence-electron chi connectivity index (χ1n) is 7.48. The zero-order chi connectivity index (χ0) is 19.3. The molecule has 0 aliphatic carbocycles. The molecular weight excluding hydrogens is 362 g/mol. The largest absolute Gasteiger partial charge is 0.354 e. The van der Waals surface area contributed by atoms with Crippen LogP contribution in [0.4, 0.5) is 21.9 Å². The lowest BCUT2D eigenvalue weighted by atomic mass is 10.2. The molecule has 2 aromatic rings. The number of carbonyl (C=O) groups excluding carboxylic acids is 1. The summed E-state index contributed by atoms with van der Waals surface area (Å²) in [5.74, 6) is 0. The number of carbonyl (C=O) groups is 1. The maximum Gasteiger partial charge on any atom is 0.328 e. The first-order valence-corrected chi connectivity index (χ1v) is 8.96. The molecule has 2 amide bonds. The second-order valence-corrected chi connectivity index (χ2v) is 7.19. The maximum atomic E-state index is 12.5. The molecule has 0 aliphatic rings. The molecule has 1 heterocycles. The summed E-state index contributed by atoms with van der Waals surface area (Å²) in [6.45, 7) is 3.37. The van der Waals surface area contributed by atoms with Crippen LogP contribution in [0.2, 0.25) is 0 Å². The second kappa shape index (κ2) is 7.78. The minimum absolute atomic E-state index is 0.116. The number of rotatable bonds is 6. The van der Waals surface area contributed by atoms with E-state index in [0.29, 0.717) is 5.69 Å². The molecule has 0 bridgehead atoms. The Morgan fingerprint density at radius 1 is 1.27 bits per heavy atom. The molecule has 2 rings (SSSR count).